The highest BCUT2D eigenvalue weighted by Crippen LogP contribution is 2.30. The van der Waals surface area contributed by atoms with Gasteiger partial charge in [0.05, 0.1) is 25.5 Å². The highest BCUT2D eigenvalue weighted by atomic mass is 16.6. The van der Waals surface area contributed by atoms with Crippen molar-refractivity contribution in [2.75, 3.05) is 37.8 Å². The molecule has 0 radical (unpaired) electrons. The van der Waals surface area contributed by atoms with Gasteiger partial charge in [-0.25, -0.2) is 9.50 Å². The summed E-state index contributed by atoms with van der Waals surface area (Å²) in [5.74, 6) is 0.989. The second-order valence-electron chi connectivity index (χ2n) is 5.62. The average Bonchev–Trinajstić information content (AvgIpc) is 3.04. The van der Waals surface area contributed by atoms with Gasteiger partial charge in [0.25, 0.3) is 0 Å². The van der Waals surface area contributed by atoms with Crippen molar-refractivity contribution in [3.8, 4) is 0 Å². The molecule has 2 fully saturated rings. The Bertz CT molecular complexity index is 633. The molecule has 0 N–H and O–H groups in total. The summed E-state index contributed by atoms with van der Waals surface area (Å²) in [5.41, 5.74) is 1.91. The van der Waals surface area contributed by atoms with E-state index in [1.807, 2.05) is 23.8 Å². The van der Waals surface area contributed by atoms with Crippen LogP contribution in [0.1, 0.15) is 12.1 Å². The van der Waals surface area contributed by atoms with Crippen LogP contribution < -0.4 is 4.90 Å². The maximum atomic E-state index is 5.98. The molecule has 6 nitrogen and oxygen atoms in total. The number of aromatic nitrogens is 3. The Morgan fingerprint density at radius 1 is 1.35 bits per heavy atom. The standard InChI is InChI=1S/C14H18N4O2/c1-11-8-12-13(15-3-4-18(12)16-11)17-5-7-20-14(9-17)2-6-19-10-14/h3-4,8H,2,5-7,9-10H2,1H3. The number of aryl methyl sites for hydroxylation is 1. The van der Waals surface area contributed by atoms with Crippen molar-refractivity contribution in [2.24, 2.45) is 0 Å². The van der Waals surface area contributed by atoms with Crippen LogP contribution in [-0.4, -0.2) is 53.1 Å². The molecular formula is C14H18N4O2. The first kappa shape index (κ1) is 12.1. The SMILES string of the molecule is Cc1cc2c(N3CCOC4(CCOC4)C3)nccn2n1. The first-order valence-electron chi connectivity index (χ1n) is 7.03. The maximum absolute atomic E-state index is 5.98. The van der Waals surface area contributed by atoms with Crippen LogP contribution in [0.25, 0.3) is 5.52 Å². The minimum absolute atomic E-state index is 0.151. The second kappa shape index (κ2) is 4.43. The van der Waals surface area contributed by atoms with Gasteiger partial charge in [-0.05, 0) is 13.0 Å². The van der Waals surface area contributed by atoms with Gasteiger partial charge in [0.2, 0.25) is 0 Å². The highest BCUT2D eigenvalue weighted by molar-refractivity contribution is 5.69. The summed E-state index contributed by atoms with van der Waals surface area (Å²) >= 11 is 0. The monoisotopic (exact) mass is 274 g/mol. The van der Waals surface area contributed by atoms with E-state index in [1.165, 1.54) is 0 Å². The summed E-state index contributed by atoms with van der Waals surface area (Å²) in [6, 6.07) is 2.08. The molecule has 0 bridgehead atoms. The van der Waals surface area contributed by atoms with E-state index in [9.17, 15) is 0 Å². The molecule has 1 unspecified atom stereocenters. The summed E-state index contributed by atoms with van der Waals surface area (Å²) in [4.78, 5) is 6.87. The second-order valence-corrected chi connectivity index (χ2v) is 5.62. The maximum Gasteiger partial charge on any atom is 0.154 e. The van der Waals surface area contributed by atoms with E-state index < -0.39 is 0 Å². The van der Waals surface area contributed by atoms with E-state index in [0.29, 0.717) is 6.61 Å². The third-order valence-electron chi connectivity index (χ3n) is 4.11. The fraction of sp³-hybridized carbons (Fsp3) is 0.571. The van der Waals surface area contributed by atoms with Crippen LogP contribution in [0.5, 0.6) is 0 Å². The predicted octanol–water partition coefficient (Wildman–Crippen LogP) is 1.03. The molecule has 1 atom stereocenters. The predicted molar refractivity (Wildman–Crippen MR) is 74.1 cm³/mol. The van der Waals surface area contributed by atoms with Gasteiger partial charge < -0.3 is 14.4 Å². The van der Waals surface area contributed by atoms with Crippen LogP contribution >= 0.6 is 0 Å². The Hall–Kier alpha value is -1.66. The highest BCUT2D eigenvalue weighted by Gasteiger charge is 2.41. The zero-order valence-electron chi connectivity index (χ0n) is 11.6. The number of hydrogen-bond donors (Lipinski definition) is 0. The summed E-state index contributed by atoms with van der Waals surface area (Å²) < 4.78 is 13.4. The number of morpholine rings is 1. The molecule has 4 heterocycles. The molecule has 0 aliphatic carbocycles. The van der Waals surface area contributed by atoms with E-state index in [0.717, 1.165) is 49.8 Å². The van der Waals surface area contributed by atoms with Gasteiger partial charge in [-0.2, -0.15) is 5.10 Å². The number of nitrogens with zero attached hydrogens (tertiary/aromatic N) is 4. The number of fused-ring (bicyclic) bond motifs is 1. The molecule has 2 aromatic heterocycles. The summed E-state index contributed by atoms with van der Waals surface area (Å²) in [6.45, 7) is 5.90. The number of rotatable bonds is 1. The lowest BCUT2D eigenvalue weighted by Gasteiger charge is -2.40. The average molecular weight is 274 g/mol. The number of ether oxygens (including phenoxy) is 2. The third-order valence-corrected chi connectivity index (χ3v) is 4.11. The Kier molecular flexibility index (Phi) is 2.68. The molecule has 6 heteroatoms. The van der Waals surface area contributed by atoms with E-state index in [-0.39, 0.29) is 5.60 Å². The number of hydrogen-bond acceptors (Lipinski definition) is 5. The van der Waals surface area contributed by atoms with Crippen molar-refractivity contribution in [1.29, 1.82) is 0 Å². The topological polar surface area (TPSA) is 51.9 Å². The summed E-state index contributed by atoms with van der Waals surface area (Å²) in [6.07, 6.45) is 4.66. The molecule has 2 aliphatic heterocycles. The van der Waals surface area contributed by atoms with Gasteiger partial charge in [0.1, 0.15) is 11.1 Å². The fourth-order valence-corrected chi connectivity index (χ4v) is 3.13. The molecule has 20 heavy (non-hydrogen) atoms. The normalized spacial score (nSPS) is 26.8. The van der Waals surface area contributed by atoms with Gasteiger partial charge in [-0.15, -0.1) is 0 Å². The molecule has 0 amide bonds. The smallest absolute Gasteiger partial charge is 0.154 e. The fourth-order valence-electron chi connectivity index (χ4n) is 3.13. The Balaban J connectivity index is 1.71. The molecule has 0 saturated carbocycles. The minimum atomic E-state index is -0.151. The van der Waals surface area contributed by atoms with Gasteiger partial charge >= 0.3 is 0 Å². The third kappa shape index (κ3) is 1.87. The van der Waals surface area contributed by atoms with Crippen molar-refractivity contribution >= 4 is 11.3 Å². The zero-order valence-corrected chi connectivity index (χ0v) is 11.6. The Labute approximate surface area is 117 Å². The van der Waals surface area contributed by atoms with Crippen LogP contribution in [0.4, 0.5) is 5.82 Å². The van der Waals surface area contributed by atoms with E-state index in [2.05, 4.69) is 21.0 Å². The van der Waals surface area contributed by atoms with Gasteiger partial charge in [-0.3, -0.25) is 0 Å². The largest absolute Gasteiger partial charge is 0.378 e. The van der Waals surface area contributed by atoms with Gasteiger partial charge in [-0.1, -0.05) is 0 Å². The van der Waals surface area contributed by atoms with E-state index in [1.54, 1.807) is 0 Å². The molecule has 4 rings (SSSR count). The van der Waals surface area contributed by atoms with Crippen molar-refractivity contribution < 1.29 is 9.47 Å². The summed E-state index contributed by atoms with van der Waals surface area (Å²) in [5, 5.41) is 4.45. The quantitative estimate of drug-likeness (QED) is 0.777. The van der Waals surface area contributed by atoms with Crippen molar-refractivity contribution in [3.63, 3.8) is 0 Å². The zero-order chi connectivity index (χ0) is 13.6. The molecular weight excluding hydrogens is 256 g/mol. The lowest BCUT2D eigenvalue weighted by Crippen LogP contribution is -2.52. The summed E-state index contributed by atoms with van der Waals surface area (Å²) in [7, 11) is 0. The van der Waals surface area contributed by atoms with Crippen molar-refractivity contribution in [3.05, 3.63) is 24.2 Å². The molecule has 1 spiro atoms. The van der Waals surface area contributed by atoms with E-state index in [4.69, 9.17) is 9.47 Å². The van der Waals surface area contributed by atoms with Crippen LogP contribution in [0, 0.1) is 6.92 Å². The molecule has 2 aliphatic rings. The van der Waals surface area contributed by atoms with Crippen LogP contribution in [0.3, 0.4) is 0 Å². The first-order valence-corrected chi connectivity index (χ1v) is 7.03. The lowest BCUT2D eigenvalue weighted by atomic mass is 10.0. The molecule has 2 aromatic rings. The number of anilines is 1. The molecule has 2 saturated heterocycles. The Morgan fingerprint density at radius 3 is 3.15 bits per heavy atom. The van der Waals surface area contributed by atoms with Crippen molar-refractivity contribution in [2.45, 2.75) is 18.9 Å². The van der Waals surface area contributed by atoms with Gasteiger partial charge in [0, 0.05) is 32.0 Å². The van der Waals surface area contributed by atoms with E-state index >= 15 is 0 Å². The van der Waals surface area contributed by atoms with Crippen molar-refractivity contribution in [1.82, 2.24) is 14.6 Å². The van der Waals surface area contributed by atoms with Gasteiger partial charge in [0.15, 0.2) is 5.82 Å². The lowest BCUT2D eigenvalue weighted by molar-refractivity contribution is -0.0580. The minimum Gasteiger partial charge on any atom is -0.378 e. The molecule has 0 aromatic carbocycles. The van der Waals surface area contributed by atoms with Crippen LogP contribution in [0.2, 0.25) is 0 Å². The Morgan fingerprint density at radius 2 is 2.30 bits per heavy atom. The van der Waals surface area contributed by atoms with Crippen LogP contribution in [0.15, 0.2) is 18.5 Å². The van der Waals surface area contributed by atoms with Crippen LogP contribution in [-0.2, 0) is 9.47 Å². The molecule has 106 valence electrons. The first-order chi connectivity index (χ1) is 9.76.